The van der Waals surface area contributed by atoms with Crippen molar-refractivity contribution in [1.29, 1.82) is 0 Å². The van der Waals surface area contributed by atoms with Gasteiger partial charge in [0.15, 0.2) is 0 Å². The van der Waals surface area contributed by atoms with E-state index in [-0.39, 0.29) is 22.6 Å². The van der Waals surface area contributed by atoms with Crippen LogP contribution in [0.1, 0.15) is 22.7 Å². The molecule has 2 aliphatic rings. The van der Waals surface area contributed by atoms with Gasteiger partial charge in [-0.05, 0) is 24.6 Å². The van der Waals surface area contributed by atoms with Gasteiger partial charge < -0.3 is 19.8 Å². The molecule has 7 heteroatoms. The standard InChI is InChI=1S/C24H26N2O5/c1-16-7-8-19(27)18(15-16)22(28)20-21(17-5-3-2-4-6-17)26(24(30)23(20)29)10-9-25-11-13-31-14-12-25/h2-8,15,21,27-28H,9-14H2,1H3/t21-/m0/s1. The molecular formula is C24H26N2O5. The normalized spacial score (nSPS) is 21.6. The van der Waals surface area contributed by atoms with Crippen LogP contribution in [0.5, 0.6) is 5.75 Å². The summed E-state index contributed by atoms with van der Waals surface area (Å²) < 4.78 is 5.38. The van der Waals surface area contributed by atoms with Crippen molar-refractivity contribution in [2.75, 3.05) is 39.4 Å². The molecule has 0 radical (unpaired) electrons. The second-order valence-electron chi connectivity index (χ2n) is 7.88. The lowest BCUT2D eigenvalue weighted by molar-refractivity contribution is -0.140. The fraction of sp³-hybridized carbons (Fsp3) is 0.333. The maximum Gasteiger partial charge on any atom is 0.295 e. The van der Waals surface area contributed by atoms with E-state index in [1.807, 2.05) is 37.3 Å². The number of carbonyl (C=O) groups excluding carboxylic acids is 2. The number of hydrogen-bond donors (Lipinski definition) is 2. The fourth-order valence-corrected chi connectivity index (χ4v) is 4.15. The van der Waals surface area contributed by atoms with Crippen LogP contribution in [0.25, 0.3) is 5.76 Å². The summed E-state index contributed by atoms with van der Waals surface area (Å²) in [4.78, 5) is 29.7. The molecular weight excluding hydrogens is 396 g/mol. The van der Waals surface area contributed by atoms with Crippen LogP contribution in [0, 0.1) is 6.92 Å². The molecule has 1 amide bonds. The first-order chi connectivity index (χ1) is 15.0. The van der Waals surface area contributed by atoms with Crippen LogP contribution in [-0.4, -0.2) is 71.1 Å². The summed E-state index contributed by atoms with van der Waals surface area (Å²) in [5.41, 5.74) is 1.70. The molecule has 0 aliphatic carbocycles. The summed E-state index contributed by atoms with van der Waals surface area (Å²) in [6, 6.07) is 13.3. The Balaban J connectivity index is 1.75. The minimum absolute atomic E-state index is 0.000854. The highest BCUT2D eigenvalue weighted by Crippen LogP contribution is 2.40. The third-order valence-corrected chi connectivity index (χ3v) is 5.82. The van der Waals surface area contributed by atoms with E-state index in [0.717, 1.165) is 24.2 Å². The highest BCUT2D eigenvalue weighted by Gasteiger charge is 2.46. The quantitative estimate of drug-likeness (QED) is 0.437. The van der Waals surface area contributed by atoms with Gasteiger partial charge in [0, 0.05) is 26.2 Å². The van der Waals surface area contributed by atoms with Crippen LogP contribution >= 0.6 is 0 Å². The van der Waals surface area contributed by atoms with Crippen LogP contribution in [0.2, 0.25) is 0 Å². The van der Waals surface area contributed by atoms with E-state index in [4.69, 9.17) is 4.74 Å². The number of ether oxygens (including phenoxy) is 1. The number of hydrogen-bond acceptors (Lipinski definition) is 6. The number of aliphatic hydroxyl groups excluding tert-OH is 1. The average Bonchev–Trinajstić information content (AvgIpc) is 3.05. The van der Waals surface area contributed by atoms with Gasteiger partial charge in [0.05, 0.1) is 30.4 Å². The van der Waals surface area contributed by atoms with Crippen molar-refractivity contribution in [3.63, 3.8) is 0 Å². The maximum absolute atomic E-state index is 13.0. The van der Waals surface area contributed by atoms with Crippen LogP contribution in [-0.2, 0) is 14.3 Å². The zero-order chi connectivity index (χ0) is 22.0. The lowest BCUT2D eigenvalue weighted by Crippen LogP contribution is -2.42. The summed E-state index contributed by atoms with van der Waals surface area (Å²) in [7, 11) is 0. The van der Waals surface area contributed by atoms with Crippen LogP contribution in [0.15, 0.2) is 54.1 Å². The zero-order valence-electron chi connectivity index (χ0n) is 17.5. The van der Waals surface area contributed by atoms with Crippen molar-refractivity contribution in [3.8, 4) is 5.75 Å². The topological polar surface area (TPSA) is 90.3 Å². The number of Topliss-reactive ketones (excluding diaryl/α,β-unsaturated/α-hetero) is 1. The Labute approximate surface area is 181 Å². The first-order valence-electron chi connectivity index (χ1n) is 10.4. The number of carbonyl (C=O) groups is 2. The number of aryl methyl sites for hydroxylation is 1. The van der Waals surface area contributed by atoms with Gasteiger partial charge in [0.25, 0.3) is 11.7 Å². The van der Waals surface area contributed by atoms with Gasteiger partial charge in [-0.15, -0.1) is 0 Å². The highest BCUT2D eigenvalue weighted by molar-refractivity contribution is 6.46. The van der Waals surface area contributed by atoms with Gasteiger partial charge in [-0.1, -0.05) is 42.0 Å². The molecule has 2 N–H and O–H groups in total. The number of aromatic hydroxyl groups is 1. The van der Waals surface area contributed by atoms with E-state index in [0.29, 0.717) is 26.3 Å². The lowest BCUT2D eigenvalue weighted by Gasteiger charge is -2.31. The molecule has 0 bridgehead atoms. The monoisotopic (exact) mass is 422 g/mol. The predicted octanol–water partition coefficient (Wildman–Crippen LogP) is 2.45. The average molecular weight is 422 g/mol. The maximum atomic E-state index is 13.0. The Bertz CT molecular complexity index is 1010. The van der Waals surface area contributed by atoms with Gasteiger partial charge in [0.2, 0.25) is 0 Å². The summed E-state index contributed by atoms with van der Waals surface area (Å²) in [5, 5.41) is 21.4. The second kappa shape index (κ2) is 8.91. The second-order valence-corrected chi connectivity index (χ2v) is 7.88. The van der Waals surface area contributed by atoms with Crippen LogP contribution < -0.4 is 0 Å². The van der Waals surface area contributed by atoms with Gasteiger partial charge in [-0.25, -0.2) is 0 Å². The molecule has 2 fully saturated rings. The van der Waals surface area contributed by atoms with Gasteiger partial charge in [-0.3, -0.25) is 14.5 Å². The van der Waals surface area contributed by atoms with E-state index >= 15 is 0 Å². The minimum atomic E-state index is -0.741. The van der Waals surface area contributed by atoms with Crippen LogP contribution in [0.4, 0.5) is 0 Å². The van der Waals surface area contributed by atoms with E-state index in [9.17, 15) is 19.8 Å². The van der Waals surface area contributed by atoms with Crippen molar-refractivity contribution >= 4 is 17.4 Å². The number of likely N-dealkylation sites (tertiary alicyclic amines) is 1. The molecule has 2 aliphatic heterocycles. The minimum Gasteiger partial charge on any atom is -0.507 e. The Morgan fingerprint density at radius 2 is 1.77 bits per heavy atom. The summed E-state index contributed by atoms with van der Waals surface area (Å²) >= 11 is 0. The molecule has 2 aromatic carbocycles. The number of amides is 1. The summed E-state index contributed by atoms with van der Waals surface area (Å²) in [6.45, 7) is 5.62. The molecule has 0 spiro atoms. The number of phenolic OH excluding ortho intramolecular Hbond substituents is 1. The summed E-state index contributed by atoms with van der Waals surface area (Å²) in [5.74, 6) is -1.89. The van der Waals surface area contributed by atoms with Crippen molar-refractivity contribution in [1.82, 2.24) is 9.80 Å². The molecule has 1 atom stereocenters. The number of morpholine rings is 1. The SMILES string of the molecule is Cc1ccc(O)c(C(O)=C2C(=O)C(=O)N(CCN3CCOCC3)[C@H]2c2ccccc2)c1. The highest BCUT2D eigenvalue weighted by atomic mass is 16.5. The molecule has 0 unspecified atom stereocenters. The molecule has 2 saturated heterocycles. The van der Waals surface area contributed by atoms with E-state index in [1.54, 1.807) is 12.1 Å². The molecule has 31 heavy (non-hydrogen) atoms. The number of benzene rings is 2. The number of aliphatic hydroxyl groups is 1. The number of nitrogens with zero attached hydrogens (tertiary/aromatic N) is 2. The van der Waals surface area contributed by atoms with Gasteiger partial charge in [-0.2, -0.15) is 0 Å². The first-order valence-corrected chi connectivity index (χ1v) is 10.4. The summed E-state index contributed by atoms with van der Waals surface area (Å²) in [6.07, 6.45) is 0. The fourth-order valence-electron chi connectivity index (χ4n) is 4.15. The van der Waals surface area contributed by atoms with Crippen molar-refractivity contribution in [2.24, 2.45) is 0 Å². The largest absolute Gasteiger partial charge is 0.507 e. The van der Waals surface area contributed by atoms with E-state index in [2.05, 4.69) is 4.90 Å². The smallest absolute Gasteiger partial charge is 0.295 e. The van der Waals surface area contributed by atoms with Gasteiger partial charge in [0.1, 0.15) is 11.5 Å². The Morgan fingerprint density at radius 3 is 2.48 bits per heavy atom. The zero-order valence-corrected chi connectivity index (χ0v) is 17.5. The third kappa shape index (κ3) is 4.19. The van der Waals surface area contributed by atoms with Crippen LogP contribution in [0.3, 0.4) is 0 Å². The third-order valence-electron chi connectivity index (χ3n) is 5.82. The Kier molecular flexibility index (Phi) is 6.06. The first kappa shape index (κ1) is 21.1. The predicted molar refractivity (Wildman–Crippen MR) is 116 cm³/mol. The number of rotatable bonds is 5. The molecule has 7 nitrogen and oxygen atoms in total. The van der Waals surface area contributed by atoms with E-state index < -0.39 is 17.7 Å². The number of phenols is 1. The molecule has 0 aromatic heterocycles. The molecule has 0 saturated carbocycles. The molecule has 4 rings (SSSR count). The van der Waals surface area contributed by atoms with Crippen molar-refractivity contribution in [3.05, 3.63) is 70.8 Å². The number of ketones is 1. The molecule has 2 heterocycles. The lowest BCUT2D eigenvalue weighted by atomic mass is 9.94. The van der Waals surface area contributed by atoms with Crippen molar-refractivity contribution < 1.29 is 24.5 Å². The van der Waals surface area contributed by atoms with Crippen molar-refractivity contribution in [2.45, 2.75) is 13.0 Å². The Morgan fingerprint density at radius 1 is 1.06 bits per heavy atom. The molecule has 2 aromatic rings. The van der Waals surface area contributed by atoms with Gasteiger partial charge >= 0.3 is 0 Å². The van der Waals surface area contributed by atoms with E-state index in [1.165, 1.54) is 11.0 Å². The Hall–Kier alpha value is -3.16. The molecule has 162 valence electrons.